The van der Waals surface area contributed by atoms with Crippen LogP contribution < -0.4 is 5.32 Å². The molecule has 5 heteroatoms. The van der Waals surface area contributed by atoms with Crippen molar-refractivity contribution in [3.05, 3.63) is 28.5 Å². The Hall–Kier alpha value is -0.550. The molecule has 0 fully saturated rings. The first kappa shape index (κ1) is 11.0. The van der Waals surface area contributed by atoms with Gasteiger partial charge in [-0.3, -0.25) is 4.99 Å². The van der Waals surface area contributed by atoms with Crippen molar-refractivity contribution in [1.82, 2.24) is 0 Å². The van der Waals surface area contributed by atoms with Gasteiger partial charge in [0.1, 0.15) is 5.82 Å². The molecule has 0 spiro atoms. The molecule has 1 aromatic rings. The lowest BCUT2D eigenvalue weighted by molar-refractivity contribution is 0.622. The van der Waals surface area contributed by atoms with Gasteiger partial charge in [-0.25, -0.2) is 4.39 Å². The second-order valence-electron chi connectivity index (χ2n) is 3.14. The van der Waals surface area contributed by atoms with Gasteiger partial charge < -0.3 is 5.32 Å². The van der Waals surface area contributed by atoms with E-state index in [-0.39, 0.29) is 5.82 Å². The number of hydrogen-bond donors (Lipinski definition) is 1. The zero-order valence-electron chi connectivity index (χ0n) is 7.96. The molecule has 1 aromatic carbocycles. The molecule has 1 heterocycles. The van der Waals surface area contributed by atoms with Crippen LogP contribution in [-0.2, 0) is 0 Å². The number of aliphatic imine (C=N–C) groups is 1. The smallest absolute Gasteiger partial charge is 0.161 e. The Morgan fingerprint density at radius 1 is 1.47 bits per heavy atom. The van der Waals surface area contributed by atoms with Crippen molar-refractivity contribution in [2.45, 2.75) is 6.42 Å². The largest absolute Gasteiger partial charge is 0.335 e. The predicted octanol–water partition coefficient (Wildman–Crippen LogP) is 3.49. The van der Waals surface area contributed by atoms with Crippen LogP contribution in [0, 0.1) is 5.82 Å². The average molecular weight is 289 g/mol. The van der Waals surface area contributed by atoms with Gasteiger partial charge in [0.05, 0.1) is 4.47 Å². The topological polar surface area (TPSA) is 24.4 Å². The summed E-state index contributed by atoms with van der Waals surface area (Å²) in [6.45, 7) is 0.855. The van der Waals surface area contributed by atoms with Crippen LogP contribution in [0.25, 0.3) is 0 Å². The molecule has 0 bridgehead atoms. The van der Waals surface area contributed by atoms with Gasteiger partial charge in [0.2, 0.25) is 0 Å². The second-order valence-corrected chi connectivity index (χ2v) is 5.08. The maximum absolute atomic E-state index is 13.2. The minimum atomic E-state index is -0.263. The van der Waals surface area contributed by atoms with Crippen molar-refractivity contribution in [1.29, 1.82) is 0 Å². The maximum Gasteiger partial charge on any atom is 0.161 e. The fraction of sp³-hybridized carbons (Fsp3) is 0.300. The van der Waals surface area contributed by atoms with Gasteiger partial charge in [0.15, 0.2) is 5.17 Å². The molecule has 1 aliphatic rings. The van der Waals surface area contributed by atoms with E-state index in [0.717, 1.165) is 29.6 Å². The number of anilines is 1. The predicted molar refractivity (Wildman–Crippen MR) is 67.1 cm³/mol. The maximum atomic E-state index is 13.2. The Kier molecular flexibility index (Phi) is 3.64. The molecular weight excluding hydrogens is 279 g/mol. The Labute approximate surface area is 100 Å². The fourth-order valence-corrected chi connectivity index (χ4v) is 2.32. The molecule has 0 atom stereocenters. The van der Waals surface area contributed by atoms with Gasteiger partial charge in [0, 0.05) is 18.0 Å². The first-order valence-corrected chi connectivity index (χ1v) is 6.43. The highest BCUT2D eigenvalue weighted by atomic mass is 79.9. The zero-order valence-corrected chi connectivity index (χ0v) is 10.4. The quantitative estimate of drug-likeness (QED) is 0.855. The fourth-order valence-electron chi connectivity index (χ4n) is 1.23. The van der Waals surface area contributed by atoms with Gasteiger partial charge in [-0.05, 0) is 40.5 Å². The number of rotatable bonds is 1. The molecule has 0 unspecified atom stereocenters. The molecule has 0 amide bonds. The van der Waals surface area contributed by atoms with Crippen LogP contribution in [0.5, 0.6) is 0 Å². The third kappa shape index (κ3) is 2.95. The first-order valence-electron chi connectivity index (χ1n) is 4.65. The monoisotopic (exact) mass is 288 g/mol. The van der Waals surface area contributed by atoms with E-state index in [1.807, 2.05) is 6.07 Å². The molecule has 80 valence electrons. The lowest BCUT2D eigenvalue weighted by atomic mass is 10.3. The molecular formula is C10H10BrFN2S. The van der Waals surface area contributed by atoms with Crippen LogP contribution in [0.2, 0.25) is 0 Å². The molecule has 1 N–H and O–H groups in total. The molecule has 0 aliphatic carbocycles. The molecule has 15 heavy (non-hydrogen) atoms. The molecule has 0 aromatic heterocycles. The molecule has 0 saturated heterocycles. The van der Waals surface area contributed by atoms with E-state index in [9.17, 15) is 4.39 Å². The Morgan fingerprint density at radius 2 is 2.33 bits per heavy atom. The summed E-state index contributed by atoms with van der Waals surface area (Å²) < 4.78 is 13.7. The van der Waals surface area contributed by atoms with Crippen molar-refractivity contribution < 1.29 is 4.39 Å². The Bertz CT molecular complexity index is 395. The summed E-state index contributed by atoms with van der Waals surface area (Å²) in [5.74, 6) is 0.812. The van der Waals surface area contributed by atoms with Crippen LogP contribution in [0.15, 0.2) is 27.7 Å². The number of benzene rings is 1. The average Bonchev–Trinajstić information content (AvgIpc) is 2.25. The number of nitrogens with one attached hydrogen (secondary N) is 1. The second kappa shape index (κ2) is 4.99. The van der Waals surface area contributed by atoms with E-state index in [0.29, 0.717) is 4.47 Å². The highest BCUT2D eigenvalue weighted by molar-refractivity contribution is 9.10. The molecule has 2 nitrogen and oxygen atoms in total. The summed E-state index contributed by atoms with van der Waals surface area (Å²) in [4.78, 5) is 4.31. The number of hydrogen-bond acceptors (Lipinski definition) is 3. The summed E-state index contributed by atoms with van der Waals surface area (Å²) in [7, 11) is 0. The first-order chi connectivity index (χ1) is 7.25. The molecule has 2 rings (SSSR count). The Morgan fingerprint density at radius 3 is 3.00 bits per heavy atom. The lowest BCUT2D eigenvalue weighted by Gasteiger charge is -2.13. The van der Waals surface area contributed by atoms with Gasteiger partial charge in [0.25, 0.3) is 0 Å². The van der Waals surface area contributed by atoms with E-state index >= 15 is 0 Å². The van der Waals surface area contributed by atoms with Crippen molar-refractivity contribution in [3.63, 3.8) is 0 Å². The van der Waals surface area contributed by atoms with Crippen molar-refractivity contribution in [3.8, 4) is 0 Å². The van der Waals surface area contributed by atoms with E-state index in [2.05, 4.69) is 26.2 Å². The number of nitrogens with zero attached hydrogens (tertiary/aromatic N) is 1. The summed E-state index contributed by atoms with van der Waals surface area (Å²) >= 11 is 4.79. The van der Waals surface area contributed by atoms with Gasteiger partial charge in [-0.2, -0.15) is 0 Å². The van der Waals surface area contributed by atoms with E-state index in [1.54, 1.807) is 17.8 Å². The zero-order chi connectivity index (χ0) is 10.7. The van der Waals surface area contributed by atoms with Gasteiger partial charge in [-0.15, -0.1) is 0 Å². The standard InChI is InChI=1S/C10H10BrFN2S/c11-8-3-2-7(6-9(8)12)14-10-13-4-1-5-15-10/h2-3,6H,1,4-5H2,(H,13,14). The van der Waals surface area contributed by atoms with Crippen LogP contribution in [-0.4, -0.2) is 17.5 Å². The van der Waals surface area contributed by atoms with Crippen LogP contribution in [0.3, 0.4) is 0 Å². The Balaban J connectivity index is 2.10. The lowest BCUT2D eigenvalue weighted by Crippen LogP contribution is -2.13. The highest BCUT2D eigenvalue weighted by Gasteiger charge is 2.07. The molecule has 0 radical (unpaired) electrons. The van der Waals surface area contributed by atoms with Crippen LogP contribution in [0.4, 0.5) is 10.1 Å². The van der Waals surface area contributed by atoms with Crippen molar-refractivity contribution >= 4 is 38.5 Å². The minimum Gasteiger partial charge on any atom is -0.335 e. The summed E-state index contributed by atoms with van der Waals surface area (Å²) in [6.07, 6.45) is 1.12. The summed E-state index contributed by atoms with van der Waals surface area (Å²) in [5.41, 5.74) is 0.740. The van der Waals surface area contributed by atoms with E-state index < -0.39 is 0 Å². The minimum absolute atomic E-state index is 0.263. The van der Waals surface area contributed by atoms with Crippen molar-refractivity contribution in [2.24, 2.45) is 4.99 Å². The van der Waals surface area contributed by atoms with Crippen LogP contribution in [0.1, 0.15) is 6.42 Å². The SMILES string of the molecule is Fc1cc(NC2=NCCCS2)ccc1Br. The molecule has 0 saturated carbocycles. The normalized spacial score (nSPS) is 16.0. The van der Waals surface area contributed by atoms with Crippen molar-refractivity contribution in [2.75, 3.05) is 17.6 Å². The number of amidine groups is 1. The summed E-state index contributed by atoms with van der Waals surface area (Å²) in [6, 6.07) is 4.97. The van der Waals surface area contributed by atoms with E-state index in [1.165, 1.54) is 6.07 Å². The summed E-state index contributed by atoms with van der Waals surface area (Å²) in [5, 5.41) is 3.98. The van der Waals surface area contributed by atoms with Gasteiger partial charge >= 0.3 is 0 Å². The number of thioether (sulfide) groups is 1. The van der Waals surface area contributed by atoms with Gasteiger partial charge in [-0.1, -0.05) is 11.8 Å². The number of halogens is 2. The van der Waals surface area contributed by atoms with E-state index in [4.69, 9.17) is 0 Å². The third-order valence-electron chi connectivity index (χ3n) is 1.97. The third-order valence-corrected chi connectivity index (χ3v) is 3.61. The van der Waals surface area contributed by atoms with Crippen LogP contribution >= 0.6 is 27.7 Å². The highest BCUT2D eigenvalue weighted by Crippen LogP contribution is 2.21. The molecule has 1 aliphatic heterocycles.